The summed E-state index contributed by atoms with van der Waals surface area (Å²) in [5, 5.41) is 13.1. The fourth-order valence-corrected chi connectivity index (χ4v) is 3.98. The van der Waals surface area contributed by atoms with E-state index in [4.69, 9.17) is 11.6 Å². The summed E-state index contributed by atoms with van der Waals surface area (Å²) in [5.41, 5.74) is 3.88. The third-order valence-electron chi connectivity index (χ3n) is 5.09. The van der Waals surface area contributed by atoms with E-state index in [1.165, 1.54) is 0 Å². The van der Waals surface area contributed by atoms with E-state index in [9.17, 15) is 14.7 Å². The highest BCUT2D eigenvalue weighted by Crippen LogP contribution is 2.40. The van der Waals surface area contributed by atoms with Gasteiger partial charge in [-0.3, -0.25) is 4.79 Å². The maximum atomic E-state index is 13.3. The molecule has 2 aromatic carbocycles. The second-order valence-electron chi connectivity index (χ2n) is 6.78. The molecular weight excluding hydrogens is 364 g/mol. The number of hydrogen-bond donors (Lipinski definition) is 2. The van der Waals surface area contributed by atoms with Gasteiger partial charge in [-0.05, 0) is 42.7 Å². The van der Waals surface area contributed by atoms with Crippen LogP contribution in [0.2, 0.25) is 5.02 Å². The number of carboxylic acid groups (broad SMARTS) is 1. The van der Waals surface area contributed by atoms with Crippen molar-refractivity contribution in [3.05, 3.63) is 64.7 Å². The molecule has 2 aliphatic heterocycles. The Labute approximate surface area is 162 Å². The molecule has 138 valence electrons. The summed E-state index contributed by atoms with van der Waals surface area (Å²) in [5.74, 6) is -0.990. The lowest BCUT2D eigenvalue weighted by Gasteiger charge is -2.33. The van der Waals surface area contributed by atoms with Crippen molar-refractivity contribution in [2.45, 2.75) is 25.3 Å². The van der Waals surface area contributed by atoms with Gasteiger partial charge in [0.15, 0.2) is 0 Å². The molecule has 0 aromatic heterocycles. The number of piperidine rings is 1. The zero-order valence-corrected chi connectivity index (χ0v) is 15.4. The average molecular weight is 383 g/mol. The van der Waals surface area contributed by atoms with Crippen LogP contribution in [0.5, 0.6) is 0 Å². The summed E-state index contributed by atoms with van der Waals surface area (Å²) in [6.45, 7) is 0.660. The molecule has 4 rings (SSSR count). The molecule has 2 heterocycles. The lowest BCUT2D eigenvalue weighted by atomic mass is 9.85. The predicted molar refractivity (Wildman–Crippen MR) is 106 cm³/mol. The molecule has 6 heteroatoms. The van der Waals surface area contributed by atoms with Gasteiger partial charge in [-0.2, -0.15) is 0 Å². The molecule has 0 aliphatic carbocycles. The van der Waals surface area contributed by atoms with Crippen LogP contribution in [0.15, 0.2) is 54.1 Å². The largest absolute Gasteiger partial charge is 0.480 e. The summed E-state index contributed by atoms with van der Waals surface area (Å²) >= 11 is 6.09. The topological polar surface area (TPSA) is 69.6 Å². The second kappa shape index (κ2) is 7.08. The number of nitrogens with one attached hydrogen (secondary N) is 1. The normalized spacial score (nSPS) is 22.2. The molecule has 5 nitrogen and oxygen atoms in total. The number of amides is 1. The Morgan fingerprint density at radius 1 is 1.15 bits per heavy atom. The number of carbonyl (C=O) groups is 2. The monoisotopic (exact) mass is 382 g/mol. The van der Waals surface area contributed by atoms with Crippen molar-refractivity contribution in [2.24, 2.45) is 0 Å². The lowest BCUT2D eigenvalue weighted by molar-refractivity contribution is -0.137. The third kappa shape index (κ3) is 3.30. The zero-order chi connectivity index (χ0) is 19.0. The van der Waals surface area contributed by atoms with Crippen LogP contribution in [0.1, 0.15) is 24.8 Å². The van der Waals surface area contributed by atoms with Crippen LogP contribution < -0.4 is 10.2 Å². The van der Waals surface area contributed by atoms with Crippen LogP contribution in [0.4, 0.5) is 11.4 Å². The van der Waals surface area contributed by atoms with E-state index in [2.05, 4.69) is 5.32 Å². The summed E-state index contributed by atoms with van der Waals surface area (Å²) < 4.78 is 0. The van der Waals surface area contributed by atoms with Crippen molar-refractivity contribution >= 4 is 40.4 Å². The molecule has 2 aromatic rings. The van der Waals surface area contributed by atoms with Gasteiger partial charge in [-0.1, -0.05) is 35.9 Å². The molecule has 1 amide bonds. The minimum atomic E-state index is -0.943. The van der Waals surface area contributed by atoms with Gasteiger partial charge in [0, 0.05) is 40.5 Å². The van der Waals surface area contributed by atoms with Gasteiger partial charge in [0.25, 0.3) is 5.91 Å². The smallest absolute Gasteiger partial charge is 0.326 e. The number of anilines is 2. The van der Waals surface area contributed by atoms with Crippen molar-refractivity contribution in [3.8, 4) is 0 Å². The third-order valence-corrected chi connectivity index (χ3v) is 5.32. The molecular formula is C21H19ClN2O3. The van der Waals surface area contributed by atoms with Crippen LogP contribution in [0, 0.1) is 0 Å². The highest BCUT2D eigenvalue weighted by Gasteiger charge is 2.33. The van der Waals surface area contributed by atoms with Crippen LogP contribution in [-0.4, -0.2) is 29.6 Å². The Balaban J connectivity index is 1.80. The number of benzene rings is 2. The first kappa shape index (κ1) is 17.6. The van der Waals surface area contributed by atoms with E-state index in [-0.39, 0.29) is 12.3 Å². The number of hydrogen-bond acceptors (Lipinski definition) is 3. The number of fused-ring (bicyclic) bond motifs is 1. The van der Waals surface area contributed by atoms with E-state index in [0.717, 1.165) is 23.2 Å². The standard InChI is InChI=1S/C21H19ClN2O3/c22-13-8-9-15-17(12-19(21(26)27)23-18(15)11-13)16-7-4-10-24(20(16)25)14-5-2-1-3-6-14/h1-3,5-6,8-9,11,19,23H,4,7,10,12H2,(H,26,27). The van der Waals surface area contributed by atoms with Gasteiger partial charge in [-0.25, -0.2) is 4.79 Å². The molecule has 0 spiro atoms. The maximum absolute atomic E-state index is 13.3. The molecule has 0 radical (unpaired) electrons. The number of nitrogens with zero attached hydrogens (tertiary/aromatic N) is 1. The fourth-order valence-electron chi connectivity index (χ4n) is 3.81. The number of para-hydroxylation sites is 1. The van der Waals surface area contributed by atoms with Gasteiger partial charge in [0.2, 0.25) is 0 Å². The Bertz CT molecular complexity index is 940. The van der Waals surface area contributed by atoms with Gasteiger partial charge in [0.05, 0.1) is 0 Å². The quantitative estimate of drug-likeness (QED) is 0.764. The van der Waals surface area contributed by atoms with Crippen molar-refractivity contribution in [1.82, 2.24) is 0 Å². The number of rotatable bonds is 2. The van der Waals surface area contributed by atoms with Crippen LogP contribution in [-0.2, 0) is 9.59 Å². The average Bonchev–Trinajstić information content (AvgIpc) is 2.67. The lowest BCUT2D eigenvalue weighted by Crippen LogP contribution is -2.39. The highest BCUT2D eigenvalue weighted by atomic mass is 35.5. The van der Waals surface area contributed by atoms with Gasteiger partial charge in [0.1, 0.15) is 6.04 Å². The molecule has 2 N–H and O–H groups in total. The van der Waals surface area contributed by atoms with Crippen molar-refractivity contribution in [1.29, 1.82) is 0 Å². The van der Waals surface area contributed by atoms with E-state index in [1.54, 1.807) is 17.0 Å². The summed E-state index contributed by atoms with van der Waals surface area (Å²) in [7, 11) is 0. The van der Waals surface area contributed by atoms with Crippen LogP contribution >= 0.6 is 11.6 Å². The molecule has 0 saturated carbocycles. The van der Waals surface area contributed by atoms with E-state index >= 15 is 0 Å². The molecule has 1 unspecified atom stereocenters. The van der Waals surface area contributed by atoms with Crippen molar-refractivity contribution in [3.63, 3.8) is 0 Å². The minimum absolute atomic E-state index is 0.0469. The SMILES string of the molecule is O=C(O)C1CC(=C2CCCN(c3ccccc3)C2=O)c2ccc(Cl)cc2N1. The summed E-state index contributed by atoms with van der Waals surface area (Å²) in [4.78, 5) is 26.7. The van der Waals surface area contributed by atoms with Crippen molar-refractivity contribution in [2.75, 3.05) is 16.8 Å². The Hall–Kier alpha value is -2.79. The van der Waals surface area contributed by atoms with Crippen LogP contribution in [0.25, 0.3) is 5.57 Å². The molecule has 1 fully saturated rings. The van der Waals surface area contributed by atoms with Crippen LogP contribution in [0.3, 0.4) is 0 Å². The van der Waals surface area contributed by atoms with Gasteiger partial charge in [-0.15, -0.1) is 0 Å². The first-order valence-electron chi connectivity index (χ1n) is 8.93. The number of carbonyl (C=O) groups excluding carboxylic acids is 1. The molecule has 1 atom stereocenters. The Morgan fingerprint density at radius 2 is 1.93 bits per heavy atom. The fraction of sp³-hybridized carbons (Fsp3) is 0.238. The van der Waals surface area contributed by atoms with E-state index in [1.807, 2.05) is 36.4 Å². The zero-order valence-electron chi connectivity index (χ0n) is 14.6. The highest BCUT2D eigenvalue weighted by molar-refractivity contribution is 6.31. The van der Waals surface area contributed by atoms with E-state index < -0.39 is 12.0 Å². The first-order chi connectivity index (χ1) is 13.0. The number of aliphatic carboxylic acids is 1. The second-order valence-corrected chi connectivity index (χ2v) is 7.22. The molecule has 2 aliphatic rings. The predicted octanol–water partition coefficient (Wildman–Crippen LogP) is 4.19. The van der Waals surface area contributed by atoms with Crippen molar-refractivity contribution < 1.29 is 14.7 Å². The molecule has 0 bridgehead atoms. The molecule has 1 saturated heterocycles. The molecule has 27 heavy (non-hydrogen) atoms. The summed E-state index contributed by atoms with van der Waals surface area (Å²) in [6.07, 6.45) is 1.76. The first-order valence-corrected chi connectivity index (χ1v) is 9.30. The van der Waals surface area contributed by atoms with E-state index in [0.29, 0.717) is 29.2 Å². The van der Waals surface area contributed by atoms with Gasteiger partial charge < -0.3 is 15.3 Å². The summed E-state index contributed by atoms with van der Waals surface area (Å²) in [6, 6.07) is 14.1. The minimum Gasteiger partial charge on any atom is -0.480 e. The Kier molecular flexibility index (Phi) is 4.62. The van der Waals surface area contributed by atoms with Gasteiger partial charge >= 0.3 is 5.97 Å². The maximum Gasteiger partial charge on any atom is 0.326 e. The number of carboxylic acids is 1. The number of halogens is 1. The Morgan fingerprint density at radius 3 is 2.67 bits per heavy atom.